The molecule has 2 atom stereocenters. The number of imide groups is 1. The van der Waals surface area contributed by atoms with Gasteiger partial charge < -0.3 is 27.0 Å². The number of hydrogen-bond acceptors (Lipinski definition) is 6. The fourth-order valence-corrected chi connectivity index (χ4v) is 4.74. The topological polar surface area (TPSA) is 180 Å². The van der Waals surface area contributed by atoms with Gasteiger partial charge in [0.05, 0.1) is 0 Å². The molecule has 0 fully saturated rings. The van der Waals surface area contributed by atoms with E-state index in [1.807, 2.05) is 24.3 Å². The molecule has 2 rings (SSSR count). The molecule has 1 aliphatic heterocycles. The highest BCUT2D eigenvalue weighted by molar-refractivity contribution is 6.12. The van der Waals surface area contributed by atoms with E-state index in [9.17, 15) is 28.8 Å². The van der Waals surface area contributed by atoms with Crippen molar-refractivity contribution in [1.29, 1.82) is 0 Å². The lowest BCUT2D eigenvalue weighted by Crippen LogP contribution is -2.54. The van der Waals surface area contributed by atoms with Crippen molar-refractivity contribution in [3.8, 4) is 0 Å². The lowest BCUT2D eigenvalue weighted by atomic mass is 10.0. The van der Waals surface area contributed by atoms with Crippen molar-refractivity contribution in [2.24, 2.45) is 11.7 Å². The number of benzene rings is 1. The van der Waals surface area contributed by atoms with Gasteiger partial charge in [-0.05, 0) is 49.8 Å². The van der Waals surface area contributed by atoms with E-state index < -0.39 is 29.9 Å². The molecule has 0 spiro atoms. The summed E-state index contributed by atoms with van der Waals surface area (Å²) in [6.07, 6.45) is 5.02. The van der Waals surface area contributed by atoms with Gasteiger partial charge in [-0.1, -0.05) is 38.0 Å². The molecule has 1 heterocycles. The van der Waals surface area contributed by atoms with Crippen LogP contribution in [0.5, 0.6) is 0 Å². The van der Waals surface area contributed by atoms with Crippen LogP contribution in [0.25, 0.3) is 0 Å². The maximum absolute atomic E-state index is 13.2. The van der Waals surface area contributed by atoms with Crippen LogP contribution in [0.4, 0.5) is 10.5 Å². The first-order valence-corrected chi connectivity index (χ1v) is 15.5. The minimum atomic E-state index is -0.904. The van der Waals surface area contributed by atoms with Crippen LogP contribution in [-0.4, -0.2) is 75.9 Å². The summed E-state index contributed by atoms with van der Waals surface area (Å²) >= 11 is 0. The molecule has 6 N–H and O–H groups in total. The number of nitrogens with one attached hydrogen (secondary N) is 4. The molecule has 0 saturated heterocycles. The zero-order valence-electron chi connectivity index (χ0n) is 24.0. The van der Waals surface area contributed by atoms with E-state index in [2.05, 4.69) is 21.3 Å². The number of unbranched alkanes of at least 4 members (excludes halogenated alkanes) is 2. The minimum absolute atomic E-state index is 0.176. The van der Waals surface area contributed by atoms with Crippen molar-refractivity contribution >= 4 is 51.5 Å². The smallest absolute Gasteiger partial charge is 0.312 e. The van der Waals surface area contributed by atoms with Crippen LogP contribution in [0.1, 0.15) is 57.9 Å². The van der Waals surface area contributed by atoms with E-state index in [0.29, 0.717) is 37.9 Å². The molecule has 0 aliphatic carbocycles. The zero-order valence-corrected chi connectivity index (χ0v) is 26.0. The number of nitrogens with zero attached hydrogens (tertiary/aromatic N) is 1. The van der Waals surface area contributed by atoms with Gasteiger partial charge in [0, 0.05) is 47.6 Å². The highest BCUT2D eigenvalue weighted by Gasteiger charge is 2.29. The zero-order chi connectivity index (χ0) is 30.4. The third kappa shape index (κ3) is 11.6. The summed E-state index contributed by atoms with van der Waals surface area (Å²) in [4.78, 5) is 74.4. The van der Waals surface area contributed by atoms with Gasteiger partial charge in [-0.15, -0.1) is 0 Å². The molecule has 224 valence electrons. The third-order valence-electron chi connectivity index (χ3n) is 6.68. The van der Waals surface area contributed by atoms with Gasteiger partial charge in [0.1, 0.15) is 12.1 Å². The molecule has 0 saturated carbocycles. The second-order valence-corrected chi connectivity index (χ2v) is 11.0. The highest BCUT2D eigenvalue weighted by Crippen LogP contribution is 2.12. The van der Waals surface area contributed by atoms with Gasteiger partial charge in [-0.3, -0.25) is 28.9 Å². The fourth-order valence-electron chi connectivity index (χ4n) is 4.27. The van der Waals surface area contributed by atoms with Gasteiger partial charge in [-0.25, -0.2) is 4.79 Å². The normalized spacial score (nSPS) is 14.2. The minimum Gasteiger partial charge on any atom is -0.352 e. The SMILES string of the molecule is CC(C)[C@H](NC(=O)CCCCCN1C(=O)C=CC1=O)C(=O)N[C@@H](CCCNC(N)=O)C(=O)Nc1ccc(C[SiH3])cc1. The number of hydrogen-bond donors (Lipinski definition) is 5. The van der Waals surface area contributed by atoms with E-state index in [1.54, 1.807) is 13.8 Å². The summed E-state index contributed by atoms with van der Waals surface area (Å²) in [6, 6.07) is 6.08. The number of carbonyl (C=O) groups is 6. The molecule has 0 bridgehead atoms. The van der Waals surface area contributed by atoms with Gasteiger partial charge in [0.25, 0.3) is 11.8 Å². The first-order chi connectivity index (χ1) is 19.5. The van der Waals surface area contributed by atoms with E-state index in [0.717, 1.165) is 21.2 Å². The van der Waals surface area contributed by atoms with Gasteiger partial charge in [-0.2, -0.15) is 0 Å². The summed E-state index contributed by atoms with van der Waals surface area (Å²) in [6.45, 7) is 4.14. The van der Waals surface area contributed by atoms with E-state index in [4.69, 9.17) is 5.73 Å². The quantitative estimate of drug-likeness (QED) is 0.0977. The molecular formula is C28H42N6O6Si. The van der Waals surface area contributed by atoms with Crippen molar-refractivity contribution < 1.29 is 28.8 Å². The maximum Gasteiger partial charge on any atom is 0.312 e. The first-order valence-electron chi connectivity index (χ1n) is 14.1. The van der Waals surface area contributed by atoms with Crippen LogP contribution in [0.15, 0.2) is 36.4 Å². The Bertz CT molecular complexity index is 1110. The Morgan fingerprint density at radius 2 is 1.56 bits per heavy atom. The number of carbonyl (C=O) groups excluding carboxylic acids is 6. The van der Waals surface area contributed by atoms with Crippen LogP contribution in [-0.2, 0) is 30.0 Å². The van der Waals surface area contributed by atoms with Crippen LogP contribution in [0.3, 0.4) is 0 Å². The highest BCUT2D eigenvalue weighted by atomic mass is 28.1. The molecule has 1 aliphatic rings. The van der Waals surface area contributed by atoms with Gasteiger partial charge >= 0.3 is 6.03 Å². The Kier molecular flexibility index (Phi) is 13.7. The van der Waals surface area contributed by atoms with Gasteiger partial charge in [0.2, 0.25) is 17.7 Å². The summed E-state index contributed by atoms with van der Waals surface area (Å²) in [5.74, 6) is -2.10. The number of nitrogens with two attached hydrogens (primary N) is 1. The molecule has 0 radical (unpaired) electrons. The molecule has 0 aromatic heterocycles. The average molecular weight is 587 g/mol. The van der Waals surface area contributed by atoms with E-state index in [1.165, 1.54) is 17.7 Å². The standard InChI is InChI=1S/C28H42N6O6Si/c1-18(2)25(33-22(35)8-4-3-5-16-34-23(36)13-14-24(34)37)27(39)32-21(7-6-15-30-28(29)40)26(38)31-20-11-9-19(17-41)10-12-20/h9-14,18,21,25H,3-8,15-17H2,1-2,41H3,(H,31,38)(H,32,39)(H,33,35)(H3,29,30,40)/t21-,25-/m0/s1. The predicted molar refractivity (Wildman–Crippen MR) is 159 cm³/mol. The van der Waals surface area contributed by atoms with Crippen molar-refractivity contribution in [3.63, 3.8) is 0 Å². The second-order valence-electron chi connectivity index (χ2n) is 10.3. The Morgan fingerprint density at radius 1 is 0.902 bits per heavy atom. The van der Waals surface area contributed by atoms with Crippen LogP contribution >= 0.6 is 0 Å². The number of rotatable bonds is 17. The number of amides is 7. The number of urea groups is 1. The lowest BCUT2D eigenvalue weighted by Gasteiger charge is -2.25. The summed E-state index contributed by atoms with van der Waals surface area (Å²) in [7, 11) is 1.03. The lowest BCUT2D eigenvalue weighted by molar-refractivity contribution is -0.137. The summed E-state index contributed by atoms with van der Waals surface area (Å²) in [5.41, 5.74) is 6.90. The maximum atomic E-state index is 13.2. The largest absolute Gasteiger partial charge is 0.352 e. The predicted octanol–water partition coefficient (Wildman–Crippen LogP) is 0.0500. The molecule has 0 unspecified atom stereocenters. The summed E-state index contributed by atoms with van der Waals surface area (Å²) < 4.78 is 0. The second kappa shape index (κ2) is 17.0. The molecule has 12 nitrogen and oxygen atoms in total. The van der Waals surface area contributed by atoms with E-state index in [-0.39, 0.29) is 43.0 Å². The van der Waals surface area contributed by atoms with E-state index >= 15 is 0 Å². The molecular weight excluding hydrogens is 544 g/mol. The number of anilines is 1. The fraction of sp³-hybridized carbons (Fsp3) is 0.500. The monoisotopic (exact) mass is 586 g/mol. The van der Waals surface area contributed by atoms with Crippen LogP contribution < -0.4 is 27.0 Å². The molecule has 1 aromatic carbocycles. The summed E-state index contributed by atoms with van der Waals surface area (Å²) in [5, 5.41) is 10.8. The Labute approximate surface area is 243 Å². The van der Waals surface area contributed by atoms with Crippen LogP contribution in [0.2, 0.25) is 0 Å². The van der Waals surface area contributed by atoms with Crippen molar-refractivity contribution in [2.45, 2.75) is 70.5 Å². The Hall–Kier alpha value is -4.00. The number of primary amides is 1. The van der Waals surface area contributed by atoms with Crippen molar-refractivity contribution in [2.75, 3.05) is 18.4 Å². The molecule has 13 heteroatoms. The molecule has 41 heavy (non-hydrogen) atoms. The molecule has 1 aromatic rings. The van der Waals surface area contributed by atoms with Gasteiger partial charge in [0.15, 0.2) is 0 Å². The molecule has 7 amide bonds. The van der Waals surface area contributed by atoms with Crippen LogP contribution in [0, 0.1) is 5.92 Å². The first kappa shape index (κ1) is 33.2. The van der Waals surface area contributed by atoms with Crippen molar-refractivity contribution in [1.82, 2.24) is 20.9 Å². The van der Waals surface area contributed by atoms with Crippen molar-refractivity contribution in [3.05, 3.63) is 42.0 Å². The Balaban J connectivity index is 1.92. The Morgan fingerprint density at radius 3 is 2.15 bits per heavy atom. The average Bonchev–Trinajstić information content (AvgIpc) is 3.25. The third-order valence-corrected chi connectivity index (χ3v) is 7.50.